The van der Waals surface area contributed by atoms with Crippen LogP contribution >= 0.6 is 11.8 Å². The largest absolute Gasteiger partial charge is 0.462 e. The number of H-pyrrole nitrogens is 1. The van der Waals surface area contributed by atoms with Gasteiger partial charge in [0.05, 0.1) is 5.69 Å². The van der Waals surface area contributed by atoms with Crippen LogP contribution in [0.1, 0.15) is 13.3 Å². The quantitative estimate of drug-likeness (QED) is 0.529. The van der Waals surface area contributed by atoms with Crippen LogP contribution < -0.4 is 0 Å². The van der Waals surface area contributed by atoms with Crippen LogP contribution in [0.5, 0.6) is 0 Å². The molecule has 28 heavy (non-hydrogen) atoms. The Morgan fingerprint density at radius 3 is 2.64 bits per heavy atom. The van der Waals surface area contributed by atoms with Gasteiger partial charge in [-0.15, -0.1) is 10.2 Å². The van der Waals surface area contributed by atoms with Crippen LogP contribution in [0.15, 0.2) is 65.8 Å². The van der Waals surface area contributed by atoms with Crippen LogP contribution in [-0.2, 0) is 9.53 Å². The second-order valence-corrected chi connectivity index (χ2v) is 8.01. The second-order valence-electron chi connectivity index (χ2n) is 6.84. The molecular formula is C21H18N4O2S. The molecule has 6 nitrogen and oxygen atoms in total. The number of ether oxygens (including phenoxy) is 1. The number of hydrogen-bond acceptors (Lipinski definition) is 5. The van der Waals surface area contributed by atoms with Crippen molar-refractivity contribution in [2.75, 3.05) is 0 Å². The Bertz CT molecular complexity index is 1120. The Balaban J connectivity index is 1.61. The molecule has 1 N–H and O–H groups in total. The summed E-state index contributed by atoms with van der Waals surface area (Å²) in [6, 6.07) is 20.1. The molecule has 0 unspecified atom stereocenters. The monoisotopic (exact) mass is 390 g/mol. The van der Waals surface area contributed by atoms with E-state index in [1.807, 2.05) is 60.0 Å². The maximum absolute atomic E-state index is 12.1. The number of aromatic amines is 1. The summed E-state index contributed by atoms with van der Waals surface area (Å²) in [5.74, 6) is 0.525. The number of benzene rings is 2. The van der Waals surface area contributed by atoms with Crippen molar-refractivity contribution in [3.05, 3.63) is 60.7 Å². The first-order valence-electron chi connectivity index (χ1n) is 9.15. The lowest BCUT2D eigenvalue weighted by molar-refractivity contribution is -0.140. The number of carbonyl (C=O) groups is 1. The molecule has 3 heterocycles. The highest BCUT2D eigenvalue weighted by Crippen LogP contribution is 2.35. The summed E-state index contributed by atoms with van der Waals surface area (Å²) < 4.78 is 7.29. The number of esters is 1. The zero-order valence-corrected chi connectivity index (χ0v) is 16.0. The first kappa shape index (κ1) is 17.1. The molecule has 0 saturated carbocycles. The van der Waals surface area contributed by atoms with Gasteiger partial charge in [0.2, 0.25) is 0 Å². The fourth-order valence-electron chi connectivity index (χ4n) is 3.47. The van der Waals surface area contributed by atoms with Gasteiger partial charge in [0, 0.05) is 23.0 Å². The molecule has 2 aromatic heterocycles. The average Bonchev–Trinajstić information content (AvgIpc) is 3.39. The smallest absolute Gasteiger partial charge is 0.319 e. The predicted octanol–water partition coefficient (Wildman–Crippen LogP) is 4.21. The second kappa shape index (κ2) is 6.83. The van der Waals surface area contributed by atoms with E-state index >= 15 is 0 Å². The normalized spacial score (nSPS) is 19.2. The molecule has 5 rings (SSSR count). The summed E-state index contributed by atoms with van der Waals surface area (Å²) in [6.45, 7) is 1.91. The minimum Gasteiger partial charge on any atom is -0.462 e. The number of carbonyl (C=O) groups excluding carboxylic acids is 1. The van der Waals surface area contributed by atoms with E-state index in [9.17, 15) is 4.79 Å². The molecule has 0 bridgehead atoms. The highest BCUT2D eigenvalue weighted by molar-refractivity contribution is 8.00. The van der Waals surface area contributed by atoms with Crippen molar-refractivity contribution in [1.29, 1.82) is 0 Å². The molecule has 140 valence electrons. The van der Waals surface area contributed by atoms with Crippen LogP contribution in [-0.4, -0.2) is 37.1 Å². The minimum absolute atomic E-state index is 0.0636. The number of nitrogens with one attached hydrogen (secondary N) is 1. The van der Waals surface area contributed by atoms with Gasteiger partial charge in [0.25, 0.3) is 0 Å². The number of hydrogen-bond donors (Lipinski definition) is 1. The number of fused-ring (bicyclic) bond motifs is 1. The summed E-state index contributed by atoms with van der Waals surface area (Å²) in [5, 5.41) is 10.4. The van der Waals surface area contributed by atoms with Crippen molar-refractivity contribution in [1.82, 2.24) is 19.7 Å². The fraction of sp³-hybridized carbons (Fsp3) is 0.190. The molecule has 1 fully saturated rings. The standard InChI is InChI=1S/C21H18N4O2S/c1-13-11-18(20(26)27-13)28-21-24-23-19(25(21)15-8-3-2-4-9-15)17-12-14-7-5-6-10-16(14)22-17/h2-10,12-13,18,22H,11H2,1H3/t13-,18-/m1/s1. The van der Waals surface area contributed by atoms with Crippen molar-refractivity contribution in [2.45, 2.75) is 29.9 Å². The Morgan fingerprint density at radius 2 is 1.89 bits per heavy atom. The number of aromatic nitrogens is 4. The van der Waals surface area contributed by atoms with Gasteiger partial charge < -0.3 is 9.72 Å². The highest BCUT2D eigenvalue weighted by atomic mass is 32.2. The lowest BCUT2D eigenvalue weighted by Gasteiger charge is -2.10. The molecule has 0 spiro atoms. The Morgan fingerprint density at radius 1 is 1.11 bits per heavy atom. The number of para-hydroxylation sites is 2. The molecule has 1 saturated heterocycles. The SMILES string of the molecule is C[C@@H]1C[C@@H](Sc2nnc(-c3cc4ccccc4[nH]3)n2-c2ccccc2)C(=O)O1. The van der Waals surface area contributed by atoms with E-state index in [4.69, 9.17) is 4.74 Å². The average molecular weight is 390 g/mol. The molecule has 0 aliphatic carbocycles. The van der Waals surface area contributed by atoms with Crippen LogP contribution in [0, 0.1) is 0 Å². The van der Waals surface area contributed by atoms with Gasteiger partial charge in [-0.2, -0.15) is 0 Å². The molecule has 7 heteroatoms. The van der Waals surface area contributed by atoms with Gasteiger partial charge in [-0.25, -0.2) is 0 Å². The molecule has 2 atom stereocenters. The Hall–Kier alpha value is -3.06. The van der Waals surface area contributed by atoms with Gasteiger partial charge in [-0.1, -0.05) is 48.2 Å². The molecule has 2 aromatic carbocycles. The van der Waals surface area contributed by atoms with Gasteiger partial charge in [0.1, 0.15) is 11.4 Å². The van der Waals surface area contributed by atoms with Crippen LogP contribution in [0.2, 0.25) is 0 Å². The van der Waals surface area contributed by atoms with Crippen LogP contribution in [0.4, 0.5) is 0 Å². The number of cyclic esters (lactones) is 1. The van der Waals surface area contributed by atoms with Gasteiger partial charge in [0.15, 0.2) is 11.0 Å². The first-order chi connectivity index (χ1) is 13.7. The van der Waals surface area contributed by atoms with E-state index in [0.717, 1.165) is 22.3 Å². The molecule has 0 amide bonds. The highest BCUT2D eigenvalue weighted by Gasteiger charge is 2.34. The lowest BCUT2D eigenvalue weighted by Crippen LogP contribution is -2.11. The topological polar surface area (TPSA) is 72.8 Å². The molecular weight excluding hydrogens is 372 g/mol. The molecule has 4 aromatic rings. The van der Waals surface area contributed by atoms with Gasteiger partial charge >= 0.3 is 5.97 Å². The minimum atomic E-state index is -0.266. The van der Waals surface area contributed by atoms with Gasteiger partial charge in [-0.05, 0) is 31.2 Å². The van der Waals surface area contributed by atoms with Crippen molar-refractivity contribution in [2.24, 2.45) is 0 Å². The zero-order chi connectivity index (χ0) is 19.1. The Labute approximate surface area is 165 Å². The summed E-state index contributed by atoms with van der Waals surface area (Å²) in [7, 11) is 0. The van der Waals surface area contributed by atoms with Crippen molar-refractivity contribution < 1.29 is 9.53 Å². The number of thioether (sulfide) groups is 1. The fourth-order valence-corrected chi connectivity index (χ4v) is 4.63. The van der Waals surface area contributed by atoms with Crippen LogP contribution in [0.25, 0.3) is 28.1 Å². The Kier molecular flexibility index (Phi) is 4.16. The summed E-state index contributed by atoms with van der Waals surface area (Å²) in [6.07, 6.45) is 0.610. The third kappa shape index (κ3) is 2.97. The third-order valence-corrected chi connectivity index (χ3v) is 5.94. The van der Waals surface area contributed by atoms with Crippen molar-refractivity contribution in [3.63, 3.8) is 0 Å². The molecule has 1 aliphatic heterocycles. The summed E-state index contributed by atoms with van der Waals surface area (Å²) in [5.41, 5.74) is 2.87. The van der Waals surface area contributed by atoms with E-state index in [1.165, 1.54) is 11.8 Å². The van der Waals surface area contributed by atoms with E-state index in [1.54, 1.807) is 0 Å². The lowest BCUT2D eigenvalue weighted by atomic mass is 10.2. The summed E-state index contributed by atoms with van der Waals surface area (Å²) in [4.78, 5) is 15.5. The van der Waals surface area contributed by atoms with E-state index in [2.05, 4.69) is 27.3 Å². The maximum Gasteiger partial charge on any atom is 0.319 e. The van der Waals surface area contributed by atoms with E-state index in [0.29, 0.717) is 17.4 Å². The van der Waals surface area contributed by atoms with E-state index in [-0.39, 0.29) is 17.3 Å². The first-order valence-corrected chi connectivity index (χ1v) is 10.0. The molecule has 1 aliphatic rings. The molecule has 0 radical (unpaired) electrons. The number of nitrogens with zero attached hydrogens (tertiary/aromatic N) is 3. The summed E-state index contributed by atoms with van der Waals surface area (Å²) >= 11 is 1.41. The van der Waals surface area contributed by atoms with Crippen molar-refractivity contribution in [3.8, 4) is 17.2 Å². The van der Waals surface area contributed by atoms with Crippen LogP contribution in [0.3, 0.4) is 0 Å². The van der Waals surface area contributed by atoms with Gasteiger partial charge in [-0.3, -0.25) is 9.36 Å². The van der Waals surface area contributed by atoms with Crippen molar-refractivity contribution >= 4 is 28.6 Å². The van der Waals surface area contributed by atoms with E-state index < -0.39 is 0 Å². The zero-order valence-electron chi connectivity index (χ0n) is 15.2. The third-order valence-electron chi connectivity index (χ3n) is 4.79. The predicted molar refractivity (Wildman–Crippen MR) is 108 cm³/mol. The number of rotatable bonds is 4. The maximum atomic E-state index is 12.1.